The Morgan fingerprint density at radius 3 is 2.18 bits per heavy atom. The molecule has 38 heavy (non-hydrogen) atoms. The largest absolute Gasteiger partial charge is 0.480 e. The number of nitrogens with two attached hydrogens (primary N) is 1. The monoisotopic (exact) mass is 549 g/mol. The molecule has 0 saturated carbocycles. The van der Waals surface area contributed by atoms with Gasteiger partial charge in [-0.2, -0.15) is 0 Å². The summed E-state index contributed by atoms with van der Waals surface area (Å²) in [7, 11) is 0. The van der Waals surface area contributed by atoms with Gasteiger partial charge in [0.1, 0.15) is 18.6 Å². The van der Waals surface area contributed by atoms with Crippen LogP contribution in [-0.4, -0.2) is 59.0 Å². The van der Waals surface area contributed by atoms with Crippen LogP contribution >= 0.6 is 11.6 Å². The van der Waals surface area contributed by atoms with Crippen LogP contribution in [0.2, 0.25) is 5.02 Å². The molecule has 13 heteroatoms. The maximum Gasteiger partial charge on any atom is 0.325 e. The molecule has 11 nitrogen and oxygen atoms in total. The number of alkyl halides is 1. The molecule has 0 spiro atoms. The predicted molar refractivity (Wildman–Crippen MR) is 137 cm³/mol. The fraction of sp³-hybridized carbons (Fsp3) is 0.320. The zero-order valence-electron chi connectivity index (χ0n) is 21.0. The molecule has 0 bridgehead atoms. The minimum absolute atomic E-state index is 0.151. The second-order valence-corrected chi connectivity index (χ2v) is 9.75. The Kier molecular flexibility index (Phi) is 10.2. The molecule has 0 fully saturated rings. The van der Waals surface area contributed by atoms with Crippen LogP contribution in [0.5, 0.6) is 0 Å². The molecule has 4 amide bonds. The van der Waals surface area contributed by atoms with Gasteiger partial charge in [-0.05, 0) is 29.2 Å². The van der Waals surface area contributed by atoms with E-state index in [4.69, 9.17) is 22.4 Å². The first-order valence-corrected chi connectivity index (χ1v) is 11.7. The average molecular weight is 550 g/mol. The van der Waals surface area contributed by atoms with Crippen LogP contribution in [-0.2, 0) is 19.2 Å². The number of nitrogens with zero attached hydrogens (tertiary/aromatic N) is 1. The van der Waals surface area contributed by atoms with Crippen molar-refractivity contribution in [2.24, 2.45) is 5.41 Å². The van der Waals surface area contributed by atoms with E-state index in [1.807, 2.05) is 0 Å². The highest BCUT2D eigenvalue weighted by molar-refractivity contribution is 6.33. The molecule has 0 heterocycles. The summed E-state index contributed by atoms with van der Waals surface area (Å²) in [6.45, 7) is 2.52. The number of hydrazine groups is 1. The fourth-order valence-electron chi connectivity index (χ4n) is 3.32. The summed E-state index contributed by atoms with van der Waals surface area (Å²) in [5, 5.41) is 14.7. The number of nitrogens with one attached hydrogen (secondary N) is 3. The lowest BCUT2D eigenvalue weighted by atomic mass is 9.85. The lowest BCUT2D eigenvalue weighted by molar-refractivity contribution is -0.151. The minimum atomic E-state index is -1.55. The molecule has 204 valence electrons. The quantitative estimate of drug-likeness (QED) is 0.234. The molecular weight excluding hydrogens is 521 g/mol. The maximum absolute atomic E-state index is 13.4. The highest BCUT2D eigenvalue weighted by Crippen LogP contribution is 2.24. The zero-order valence-corrected chi connectivity index (χ0v) is 21.7. The molecule has 2 aromatic carbocycles. The molecule has 0 unspecified atom stereocenters. The number of amides is 4. The van der Waals surface area contributed by atoms with E-state index in [2.05, 4.69) is 16.1 Å². The van der Waals surface area contributed by atoms with Crippen molar-refractivity contribution in [2.45, 2.75) is 32.9 Å². The van der Waals surface area contributed by atoms with Crippen molar-refractivity contribution in [3.63, 3.8) is 0 Å². The Balaban J connectivity index is 2.35. The number of carboxylic acids is 1. The second-order valence-electron chi connectivity index (χ2n) is 9.34. The maximum atomic E-state index is 13.4. The number of hydrogen-bond acceptors (Lipinski definition) is 6. The summed E-state index contributed by atoms with van der Waals surface area (Å²) >= 11 is 6.01. The number of carbonyl (C=O) groups is 5. The van der Waals surface area contributed by atoms with Gasteiger partial charge in [0.25, 0.3) is 17.7 Å². The Morgan fingerprint density at radius 1 is 1.03 bits per heavy atom. The van der Waals surface area contributed by atoms with Crippen molar-refractivity contribution in [1.82, 2.24) is 21.1 Å². The van der Waals surface area contributed by atoms with Crippen LogP contribution in [0.25, 0.3) is 0 Å². The van der Waals surface area contributed by atoms with Crippen LogP contribution < -0.4 is 21.8 Å². The van der Waals surface area contributed by atoms with Gasteiger partial charge in [-0.1, -0.05) is 62.7 Å². The minimum Gasteiger partial charge on any atom is -0.480 e. The normalized spacial score (nSPS) is 12.6. The van der Waals surface area contributed by atoms with Crippen molar-refractivity contribution >= 4 is 46.9 Å². The standard InChI is InChI=1S/C25H29ClFN5O6/c1-25(2,3)21(30-22(36)15-9-10-17(28)16(26)11-15)24(38)29-20(14-7-5-4-6-8-14)23(37)31-32(13-19(34)35)18(33)12-27/h4-11,20-21H,12-13,28H2,1-3H3,(H,29,38)(H,30,36)(H,31,37)(H,34,35)/t20-,21+/m0/s1. The lowest BCUT2D eigenvalue weighted by Gasteiger charge is -2.32. The zero-order chi connectivity index (χ0) is 28.6. The number of anilines is 1. The van der Waals surface area contributed by atoms with Crippen molar-refractivity contribution in [1.29, 1.82) is 0 Å². The van der Waals surface area contributed by atoms with Crippen LogP contribution in [0.4, 0.5) is 10.1 Å². The van der Waals surface area contributed by atoms with E-state index in [0.29, 0.717) is 5.01 Å². The first kappa shape index (κ1) is 30.0. The molecule has 0 saturated heterocycles. The van der Waals surface area contributed by atoms with Crippen LogP contribution in [0.3, 0.4) is 0 Å². The van der Waals surface area contributed by atoms with Crippen LogP contribution in [0, 0.1) is 5.41 Å². The van der Waals surface area contributed by atoms with E-state index in [1.165, 1.54) is 30.3 Å². The van der Waals surface area contributed by atoms with Crippen molar-refractivity contribution in [3.05, 3.63) is 64.7 Å². The fourth-order valence-corrected chi connectivity index (χ4v) is 3.51. The predicted octanol–water partition coefficient (Wildman–Crippen LogP) is 1.84. The number of benzene rings is 2. The first-order chi connectivity index (χ1) is 17.7. The van der Waals surface area contributed by atoms with Gasteiger partial charge in [-0.3, -0.25) is 29.4 Å². The van der Waals surface area contributed by atoms with Crippen molar-refractivity contribution in [3.8, 4) is 0 Å². The van der Waals surface area contributed by atoms with Crippen molar-refractivity contribution < 1.29 is 33.5 Å². The average Bonchev–Trinajstić information content (AvgIpc) is 2.85. The van der Waals surface area contributed by atoms with Crippen molar-refractivity contribution in [2.75, 3.05) is 19.0 Å². The molecule has 2 rings (SSSR count). The number of hydrogen-bond donors (Lipinski definition) is 5. The first-order valence-electron chi connectivity index (χ1n) is 11.3. The van der Waals surface area contributed by atoms with E-state index in [-0.39, 0.29) is 21.8 Å². The van der Waals surface area contributed by atoms with Crippen LogP contribution in [0.15, 0.2) is 48.5 Å². The molecule has 0 aliphatic carbocycles. The van der Waals surface area contributed by atoms with Gasteiger partial charge in [0.2, 0.25) is 5.91 Å². The molecule has 2 atom stereocenters. The molecule has 2 aromatic rings. The summed E-state index contributed by atoms with van der Waals surface area (Å²) in [5.74, 6) is -5.16. The van der Waals surface area contributed by atoms with Gasteiger partial charge in [0.15, 0.2) is 6.67 Å². The number of aliphatic carboxylic acids is 1. The van der Waals surface area contributed by atoms with E-state index in [9.17, 15) is 28.4 Å². The van der Waals surface area contributed by atoms with Gasteiger partial charge in [0, 0.05) is 5.56 Å². The smallest absolute Gasteiger partial charge is 0.325 e. The number of carbonyl (C=O) groups excluding carboxylic acids is 4. The van der Waals surface area contributed by atoms with Gasteiger partial charge >= 0.3 is 5.97 Å². The summed E-state index contributed by atoms with van der Waals surface area (Å²) in [4.78, 5) is 62.4. The Bertz CT molecular complexity index is 1200. The van der Waals surface area contributed by atoms with Gasteiger partial charge < -0.3 is 21.5 Å². The molecule has 6 N–H and O–H groups in total. The number of carboxylic acid groups (broad SMARTS) is 1. The van der Waals surface area contributed by atoms with E-state index < -0.39 is 60.3 Å². The summed E-state index contributed by atoms with van der Waals surface area (Å²) in [6, 6.07) is 9.53. The molecule has 0 aliphatic rings. The van der Waals surface area contributed by atoms with E-state index >= 15 is 0 Å². The summed E-state index contributed by atoms with van der Waals surface area (Å²) in [5.41, 5.74) is 7.61. The lowest BCUT2D eigenvalue weighted by Crippen LogP contribution is -2.57. The Labute approximate surface area is 223 Å². The third-order valence-electron chi connectivity index (χ3n) is 5.30. The molecular formula is C25H29ClFN5O6. The van der Waals surface area contributed by atoms with E-state index in [1.54, 1.807) is 39.0 Å². The topological polar surface area (TPSA) is 171 Å². The third-order valence-corrected chi connectivity index (χ3v) is 5.63. The third kappa shape index (κ3) is 8.17. The number of halogens is 2. The van der Waals surface area contributed by atoms with Gasteiger partial charge in [0.05, 0.1) is 10.7 Å². The van der Waals surface area contributed by atoms with Gasteiger partial charge in [-0.15, -0.1) is 0 Å². The molecule has 0 aliphatic heterocycles. The highest BCUT2D eigenvalue weighted by Gasteiger charge is 2.36. The summed E-state index contributed by atoms with van der Waals surface area (Å²) in [6.07, 6.45) is 0. The Hall–Kier alpha value is -4.19. The van der Waals surface area contributed by atoms with E-state index in [0.717, 1.165) is 0 Å². The highest BCUT2D eigenvalue weighted by atomic mass is 35.5. The number of nitrogen functional groups attached to an aromatic ring is 1. The second kappa shape index (κ2) is 12.9. The SMILES string of the molecule is CC(C)(C)[C@H](NC(=O)c1ccc(N)c(Cl)c1)C(=O)N[C@H](C(=O)NN(CC(=O)O)C(=O)CF)c1ccccc1. The number of rotatable bonds is 9. The Morgan fingerprint density at radius 2 is 1.66 bits per heavy atom. The summed E-state index contributed by atoms with van der Waals surface area (Å²) < 4.78 is 13.0. The van der Waals surface area contributed by atoms with Crippen LogP contribution in [0.1, 0.15) is 42.7 Å². The molecule has 0 aromatic heterocycles. The van der Waals surface area contributed by atoms with Gasteiger partial charge in [-0.25, -0.2) is 9.40 Å². The molecule has 0 radical (unpaired) electrons.